The van der Waals surface area contributed by atoms with Gasteiger partial charge < -0.3 is 14.6 Å². The van der Waals surface area contributed by atoms with Gasteiger partial charge in [0.1, 0.15) is 0 Å². The molecule has 1 aromatic carbocycles. The first-order valence-electron chi connectivity index (χ1n) is 8.53. The Balaban J connectivity index is 1.68. The Morgan fingerprint density at radius 1 is 1.30 bits per heavy atom. The van der Waals surface area contributed by atoms with E-state index in [2.05, 4.69) is 29.8 Å². The summed E-state index contributed by atoms with van der Waals surface area (Å²) in [6.45, 7) is 3.00. The molecule has 1 fully saturated rings. The Kier molecular flexibility index (Phi) is 4.71. The van der Waals surface area contributed by atoms with Crippen molar-refractivity contribution in [3.05, 3.63) is 36.0 Å². The minimum Gasteiger partial charge on any atom is -0.396 e. The molecule has 1 saturated heterocycles. The molecule has 1 aliphatic heterocycles. The summed E-state index contributed by atoms with van der Waals surface area (Å²) < 4.78 is 2.13. The van der Waals surface area contributed by atoms with Gasteiger partial charge in [0.2, 0.25) is 5.91 Å². The van der Waals surface area contributed by atoms with Gasteiger partial charge in [0.05, 0.1) is 0 Å². The molecule has 1 aromatic heterocycles. The Bertz CT molecular complexity index is 692. The van der Waals surface area contributed by atoms with Crippen LogP contribution in [0, 0.1) is 5.92 Å². The molecule has 1 N–H and O–H groups in total. The van der Waals surface area contributed by atoms with Crippen molar-refractivity contribution in [1.29, 1.82) is 0 Å². The van der Waals surface area contributed by atoms with Crippen LogP contribution in [0.1, 0.15) is 31.7 Å². The third-order valence-corrected chi connectivity index (χ3v) is 5.15. The van der Waals surface area contributed by atoms with E-state index >= 15 is 0 Å². The number of aryl methyl sites for hydroxylation is 2. The van der Waals surface area contributed by atoms with Crippen molar-refractivity contribution in [3.63, 3.8) is 0 Å². The van der Waals surface area contributed by atoms with E-state index < -0.39 is 0 Å². The fourth-order valence-electron chi connectivity index (χ4n) is 3.69. The number of rotatable bonds is 4. The first kappa shape index (κ1) is 16.1. The number of piperidine rings is 1. The maximum atomic E-state index is 12.6. The summed E-state index contributed by atoms with van der Waals surface area (Å²) in [5.74, 6) is 0.455. The van der Waals surface area contributed by atoms with Crippen LogP contribution in [0.25, 0.3) is 10.9 Å². The highest BCUT2D eigenvalue weighted by molar-refractivity contribution is 5.85. The highest BCUT2D eigenvalue weighted by Gasteiger charge is 2.28. The molecule has 1 aliphatic rings. The smallest absolute Gasteiger partial charge is 0.223 e. The first-order chi connectivity index (χ1) is 11.1. The normalized spacial score (nSPS) is 21.8. The second-order valence-electron chi connectivity index (χ2n) is 6.80. The molecule has 3 rings (SSSR count). The summed E-state index contributed by atoms with van der Waals surface area (Å²) >= 11 is 0. The van der Waals surface area contributed by atoms with Crippen LogP contribution in [0.2, 0.25) is 0 Å². The average Bonchev–Trinajstić information content (AvgIpc) is 2.90. The summed E-state index contributed by atoms with van der Waals surface area (Å²) in [6, 6.07) is 8.62. The molecule has 0 radical (unpaired) electrons. The number of benzene rings is 1. The highest BCUT2D eigenvalue weighted by atomic mass is 16.3. The number of carbonyl (C=O) groups excluding carboxylic acids is 1. The Morgan fingerprint density at radius 2 is 2.09 bits per heavy atom. The van der Waals surface area contributed by atoms with E-state index in [1.165, 1.54) is 16.5 Å². The van der Waals surface area contributed by atoms with Crippen molar-refractivity contribution in [2.45, 2.75) is 38.6 Å². The van der Waals surface area contributed by atoms with Crippen LogP contribution < -0.4 is 0 Å². The van der Waals surface area contributed by atoms with Crippen LogP contribution in [-0.2, 0) is 18.3 Å². The summed E-state index contributed by atoms with van der Waals surface area (Å²) in [6.07, 6.45) is 5.45. The Morgan fingerprint density at radius 3 is 2.87 bits per heavy atom. The lowest BCUT2D eigenvalue weighted by molar-refractivity contribution is -0.135. The highest BCUT2D eigenvalue weighted by Crippen LogP contribution is 2.24. The quantitative estimate of drug-likeness (QED) is 0.943. The number of aliphatic hydroxyl groups is 1. The summed E-state index contributed by atoms with van der Waals surface area (Å²) in [5, 5.41) is 10.6. The molecule has 0 saturated carbocycles. The van der Waals surface area contributed by atoms with Crippen molar-refractivity contribution >= 4 is 16.8 Å². The van der Waals surface area contributed by atoms with Crippen LogP contribution in [-0.4, -0.2) is 39.7 Å². The van der Waals surface area contributed by atoms with Gasteiger partial charge in [-0.3, -0.25) is 4.79 Å². The third-order valence-electron chi connectivity index (χ3n) is 5.15. The molecule has 0 spiro atoms. The molecule has 4 nitrogen and oxygen atoms in total. The number of likely N-dealkylation sites (tertiary alicyclic amines) is 1. The van der Waals surface area contributed by atoms with Gasteiger partial charge >= 0.3 is 0 Å². The van der Waals surface area contributed by atoms with E-state index in [9.17, 15) is 9.90 Å². The zero-order chi connectivity index (χ0) is 16.4. The van der Waals surface area contributed by atoms with Crippen molar-refractivity contribution in [2.24, 2.45) is 13.0 Å². The monoisotopic (exact) mass is 314 g/mol. The van der Waals surface area contributed by atoms with Crippen LogP contribution in [0.5, 0.6) is 0 Å². The minimum atomic E-state index is 0.180. The number of amides is 1. The summed E-state index contributed by atoms with van der Waals surface area (Å²) in [7, 11) is 2.05. The van der Waals surface area contributed by atoms with Gasteiger partial charge in [-0.15, -0.1) is 0 Å². The van der Waals surface area contributed by atoms with Crippen LogP contribution in [0.15, 0.2) is 30.5 Å². The zero-order valence-corrected chi connectivity index (χ0v) is 14.0. The van der Waals surface area contributed by atoms with Crippen molar-refractivity contribution in [2.75, 3.05) is 13.2 Å². The standard InChI is InChI=1S/C19H26N2O2/c1-14-7-8-15(13-22)11-21(14)19(23)10-9-16-12-20(2)18-6-4-3-5-17(16)18/h3-6,12,14-15,22H,7-11,13H2,1-2H3. The number of fused-ring (bicyclic) bond motifs is 1. The average molecular weight is 314 g/mol. The number of nitrogens with zero attached hydrogens (tertiary/aromatic N) is 2. The molecule has 2 aromatic rings. The lowest BCUT2D eigenvalue weighted by Gasteiger charge is -2.37. The second kappa shape index (κ2) is 6.75. The first-order valence-corrected chi connectivity index (χ1v) is 8.53. The van der Waals surface area contributed by atoms with E-state index in [1.807, 2.05) is 24.1 Å². The largest absolute Gasteiger partial charge is 0.396 e. The number of hydrogen-bond donors (Lipinski definition) is 1. The van der Waals surface area contributed by atoms with Crippen molar-refractivity contribution in [1.82, 2.24) is 9.47 Å². The van der Waals surface area contributed by atoms with Gasteiger partial charge in [-0.2, -0.15) is 0 Å². The van der Waals surface area contributed by atoms with Crippen LogP contribution in [0.4, 0.5) is 0 Å². The van der Waals surface area contributed by atoms with Crippen LogP contribution >= 0.6 is 0 Å². The SMILES string of the molecule is CC1CCC(CO)CN1C(=O)CCc1cn(C)c2ccccc12. The third kappa shape index (κ3) is 3.27. The Hall–Kier alpha value is -1.81. The molecule has 2 heterocycles. The fraction of sp³-hybridized carbons (Fsp3) is 0.526. The van der Waals surface area contributed by atoms with Crippen LogP contribution in [0.3, 0.4) is 0 Å². The van der Waals surface area contributed by atoms with E-state index in [0.29, 0.717) is 13.0 Å². The summed E-state index contributed by atoms with van der Waals surface area (Å²) in [4.78, 5) is 14.6. The van der Waals surface area contributed by atoms with E-state index in [-0.39, 0.29) is 24.5 Å². The molecule has 2 atom stereocenters. The molecule has 124 valence electrons. The van der Waals surface area contributed by atoms with E-state index in [4.69, 9.17) is 0 Å². The fourth-order valence-corrected chi connectivity index (χ4v) is 3.69. The number of aliphatic hydroxyl groups excluding tert-OH is 1. The topological polar surface area (TPSA) is 45.5 Å². The number of aromatic nitrogens is 1. The van der Waals surface area contributed by atoms with Crippen molar-refractivity contribution in [3.8, 4) is 0 Å². The maximum Gasteiger partial charge on any atom is 0.223 e. The van der Waals surface area contributed by atoms with Gasteiger partial charge in [-0.25, -0.2) is 0 Å². The molecule has 4 heteroatoms. The molecule has 1 amide bonds. The van der Waals surface area contributed by atoms with Crippen molar-refractivity contribution < 1.29 is 9.90 Å². The predicted octanol–water partition coefficient (Wildman–Crippen LogP) is 2.73. The maximum absolute atomic E-state index is 12.6. The van der Waals surface area contributed by atoms with Gasteiger partial charge in [0, 0.05) is 49.8 Å². The lowest BCUT2D eigenvalue weighted by Crippen LogP contribution is -2.46. The van der Waals surface area contributed by atoms with E-state index in [1.54, 1.807) is 0 Å². The molecule has 23 heavy (non-hydrogen) atoms. The van der Waals surface area contributed by atoms with Gasteiger partial charge in [0.15, 0.2) is 0 Å². The Labute approximate surface area is 137 Å². The van der Waals surface area contributed by atoms with Gasteiger partial charge in [0.25, 0.3) is 0 Å². The number of para-hydroxylation sites is 1. The number of hydrogen-bond acceptors (Lipinski definition) is 2. The molecule has 0 aliphatic carbocycles. The number of carbonyl (C=O) groups is 1. The van der Waals surface area contributed by atoms with Gasteiger partial charge in [-0.05, 0) is 43.7 Å². The lowest BCUT2D eigenvalue weighted by atomic mass is 9.93. The molecular formula is C19H26N2O2. The van der Waals surface area contributed by atoms with E-state index in [0.717, 1.165) is 19.3 Å². The second-order valence-corrected chi connectivity index (χ2v) is 6.80. The summed E-state index contributed by atoms with van der Waals surface area (Å²) in [5.41, 5.74) is 2.45. The molecule has 2 unspecified atom stereocenters. The zero-order valence-electron chi connectivity index (χ0n) is 14.0. The molecular weight excluding hydrogens is 288 g/mol. The minimum absolute atomic E-state index is 0.180. The van der Waals surface area contributed by atoms with Gasteiger partial charge in [-0.1, -0.05) is 18.2 Å². The predicted molar refractivity (Wildman–Crippen MR) is 92.2 cm³/mol. The molecule has 0 bridgehead atoms.